The first kappa shape index (κ1) is 15.0. The highest BCUT2D eigenvalue weighted by molar-refractivity contribution is 5.92. The second-order valence-electron chi connectivity index (χ2n) is 5.12. The summed E-state index contributed by atoms with van der Waals surface area (Å²) >= 11 is 0. The SMILES string of the molecule is COc1ccc(NC(=O)Cn2ccc3ccccc32)cc1OC. The molecule has 1 amide bonds. The van der Waals surface area contributed by atoms with Crippen molar-refractivity contribution >= 4 is 22.5 Å². The van der Waals surface area contributed by atoms with Gasteiger partial charge in [-0.15, -0.1) is 0 Å². The zero-order valence-corrected chi connectivity index (χ0v) is 13.1. The predicted octanol–water partition coefficient (Wildman–Crippen LogP) is 3.30. The largest absolute Gasteiger partial charge is 0.493 e. The van der Waals surface area contributed by atoms with Crippen LogP contribution in [0.3, 0.4) is 0 Å². The van der Waals surface area contributed by atoms with E-state index in [1.807, 2.05) is 41.1 Å². The Morgan fingerprint density at radius 1 is 1.04 bits per heavy atom. The molecule has 0 fully saturated rings. The average Bonchev–Trinajstić information content (AvgIpc) is 2.97. The van der Waals surface area contributed by atoms with Gasteiger partial charge in [-0.25, -0.2) is 0 Å². The first-order chi connectivity index (χ1) is 11.2. The van der Waals surface area contributed by atoms with E-state index in [1.165, 1.54) is 0 Å². The number of ether oxygens (including phenoxy) is 2. The summed E-state index contributed by atoms with van der Waals surface area (Å²) in [6.07, 6.45) is 1.92. The maximum absolute atomic E-state index is 12.3. The minimum Gasteiger partial charge on any atom is -0.493 e. The molecule has 3 rings (SSSR count). The van der Waals surface area contributed by atoms with E-state index < -0.39 is 0 Å². The molecule has 1 aromatic heterocycles. The Labute approximate surface area is 134 Å². The Morgan fingerprint density at radius 3 is 2.61 bits per heavy atom. The van der Waals surface area contributed by atoms with Gasteiger partial charge < -0.3 is 19.4 Å². The summed E-state index contributed by atoms with van der Waals surface area (Å²) < 4.78 is 12.4. The molecule has 0 aliphatic heterocycles. The normalized spacial score (nSPS) is 10.5. The molecule has 5 heteroatoms. The number of nitrogens with one attached hydrogen (secondary N) is 1. The van der Waals surface area contributed by atoms with E-state index in [2.05, 4.69) is 5.32 Å². The molecule has 3 aromatic rings. The van der Waals surface area contributed by atoms with Crippen LogP contribution in [0.5, 0.6) is 11.5 Å². The van der Waals surface area contributed by atoms with E-state index in [1.54, 1.807) is 32.4 Å². The van der Waals surface area contributed by atoms with Gasteiger partial charge in [0.1, 0.15) is 6.54 Å². The number of fused-ring (bicyclic) bond motifs is 1. The number of carbonyl (C=O) groups is 1. The molecule has 0 aliphatic rings. The molecule has 2 aromatic carbocycles. The van der Waals surface area contributed by atoms with Gasteiger partial charge >= 0.3 is 0 Å². The topological polar surface area (TPSA) is 52.5 Å². The highest BCUT2D eigenvalue weighted by Crippen LogP contribution is 2.29. The van der Waals surface area contributed by atoms with Gasteiger partial charge in [0.25, 0.3) is 0 Å². The van der Waals surface area contributed by atoms with Crippen LogP contribution in [0.15, 0.2) is 54.7 Å². The molecule has 5 nitrogen and oxygen atoms in total. The van der Waals surface area contributed by atoms with Crippen molar-refractivity contribution < 1.29 is 14.3 Å². The van der Waals surface area contributed by atoms with Gasteiger partial charge in [-0.3, -0.25) is 4.79 Å². The molecule has 0 atom stereocenters. The van der Waals surface area contributed by atoms with Crippen molar-refractivity contribution in [2.75, 3.05) is 19.5 Å². The van der Waals surface area contributed by atoms with E-state index in [0.717, 1.165) is 10.9 Å². The van der Waals surface area contributed by atoms with Crippen molar-refractivity contribution in [3.63, 3.8) is 0 Å². The zero-order chi connectivity index (χ0) is 16.2. The third-order valence-electron chi connectivity index (χ3n) is 3.66. The van der Waals surface area contributed by atoms with E-state index in [-0.39, 0.29) is 12.5 Å². The monoisotopic (exact) mass is 310 g/mol. The molecule has 1 heterocycles. The highest BCUT2D eigenvalue weighted by Gasteiger charge is 2.09. The number of para-hydroxylation sites is 1. The average molecular weight is 310 g/mol. The van der Waals surface area contributed by atoms with Crippen molar-refractivity contribution in [3.05, 3.63) is 54.7 Å². The van der Waals surface area contributed by atoms with Crippen LogP contribution in [0, 0.1) is 0 Å². The number of nitrogens with zero attached hydrogens (tertiary/aromatic N) is 1. The Morgan fingerprint density at radius 2 is 1.83 bits per heavy atom. The number of amides is 1. The number of aromatic nitrogens is 1. The molecule has 0 unspecified atom stereocenters. The van der Waals surface area contributed by atoms with Crippen molar-refractivity contribution in [1.29, 1.82) is 0 Å². The fraction of sp³-hybridized carbons (Fsp3) is 0.167. The Bertz CT molecular complexity index is 839. The number of rotatable bonds is 5. The van der Waals surface area contributed by atoms with Gasteiger partial charge in [0.15, 0.2) is 11.5 Å². The van der Waals surface area contributed by atoms with Crippen LogP contribution >= 0.6 is 0 Å². The lowest BCUT2D eigenvalue weighted by atomic mass is 10.2. The zero-order valence-electron chi connectivity index (χ0n) is 13.1. The van der Waals surface area contributed by atoms with Crippen molar-refractivity contribution in [2.24, 2.45) is 0 Å². The van der Waals surface area contributed by atoms with Crippen LogP contribution in [0.4, 0.5) is 5.69 Å². The number of hydrogen-bond acceptors (Lipinski definition) is 3. The Balaban J connectivity index is 1.74. The van der Waals surface area contributed by atoms with Gasteiger partial charge in [-0.2, -0.15) is 0 Å². The van der Waals surface area contributed by atoms with Crippen LogP contribution in [0.2, 0.25) is 0 Å². The molecule has 0 saturated heterocycles. The van der Waals surface area contributed by atoms with Gasteiger partial charge in [0.2, 0.25) is 5.91 Å². The Hall–Kier alpha value is -2.95. The molecule has 0 bridgehead atoms. The third-order valence-corrected chi connectivity index (χ3v) is 3.66. The van der Waals surface area contributed by atoms with E-state index >= 15 is 0 Å². The molecule has 0 saturated carbocycles. The van der Waals surface area contributed by atoms with Crippen LogP contribution in [-0.2, 0) is 11.3 Å². The summed E-state index contributed by atoms with van der Waals surface area (Å²) in [6.45, 7) is 0.252. The summed E-state index contributed by atoms with van der Waals surface area (Å²) in [5.41, 5.74) is 1.71. The maximum Gasteiger partial charge on any atom is 0.244 e. The summed E-state index contributed by atoms with van der Waals surface area (Å²) in [5.74, 6) is 1.11. The van der Waals surface area contributed by atoms with E-state index in [9.17, 15) is 4.79 Å². The summed E-state index contributed by atoms with van der Waals surface area (Å²) in [6, 6.07) is 15.3. The van der Waals surface area contributed by atoms with Crippen LogP contribution in [0.1, 0.15) is 0 Å². The molecule has 0 spiro atoms. The lowest BCUT2D eigenvalue weighted by Crippen LogP contribution is -2.18. The predicted molar refractivity (Wildman–Crippen MR) is 90.1 cm³/mol. The highest BCUT2D eigenvalue weighted by atomic mass is 16.5. The molecular weight excluding hydrogens is 292 g/mol. The van der Waals surface area contributed by atoms with Crippen LogP contribution in [0.25, 0.3) is 10.9 Å². The molecule has 0 radical (unpaired) electrons. The number of methoxy groups -OCH3 is 2. The quantitative estimate of drug-likeness (QED) is 0.786. The second kappa shape index (κ2) is 6.44. The first-order valence-corrected chi connectivity index (χ1v) is 7.27. The van der Waals surface area contributed by atoms with Crippen molar-refractivity contribution in [1.82, 2.24) is 4.57 Å². The number of carbonyl (C=O) groups excluding carboxylic acids is 1. The molecule has 23 heavy (non-hydrogen) atoms. The van der Waals surface area contributed by atoms with Crippen molar-refractivity contribution in [2.45, 2.75) is 6.54 Å². The number of benzene rings is 2. The number of hydrogen-bond donors (Lipinski definition) is 1. The smallest absolute Gasteiger partial charge is 0.244 e. The van der Waals surface area contributed by atoms with E-state index in [4.69, 9.17) is 9.47 Å². The van der Waals surface area contributed by atoms with Crippen LogP contribution < -0.4 is 14.8 Å². The Kier molecular flexibility index (Phi) is 4.19. The minimum absolute atomic E-state index is 0.0985. The molecular formula is C18H18N2O3. The fourth-order valence-electron chi connectivity index (χ4n) is 2.55. The summed E-state index contributed by atoms with van der Waals surface area (Å²) in [5, 5.41) is 3.99. The minimum atomic E-state index is -0.0985. The van der Waals surface area contributed by atoms with Gasteiger partial charge in [-0.1, -0.05) is 18.2 Å². The standard InChI is InChI=1S/C18H18N2O3/c1-22-16-8-7-14(11-17(16)23-2)19-18(21)12-20-10-9-13-5-3-4-6-15(13)20/h3-11H,12H2,1-2H3,(H,19,21). The summed E-state index contributed by atoms with van der Waals surface area (Å²) in [7, 11) is 3.14. The maximum atomic E-state index is 12.3. The van der Waals surface area contributed by atoms with Crippen LogP contribution in [-0.4, -0.2) is 24.7 Å². The van der Waals surface area contributed by atoms with E-state index in [0.29, 0.717) is 17.2 Å². The van der Waals surface area contributed by atoms with Gasteiger partial charge in [0, 0.05) is 23.5 Å². The van der Waals surface area contributed by atoms with Crippen molar-refractivity contribution in [3.8, 4) is 11.5 Å². The molecule has 0 aliphatic carbocycles. The second-order valence-corrected chi connectivity index (χ2v) is 5.12. The molecule has 118 valence electrons. The lowest BCUT2D eigenvalue weighted by Gasteiger charge is -2.11. The lowest BCUT2D eigenvalue weighted by molar-refractivity contribution is -0.116. The third kappa shape index (κ3) is 3.13. The first-order valence-electron chi connectivity index (χ1n) is 7.27. The fourth-order valence-corrected chi connectivity index (χ4v) is 2.55. The summed E-state index contributed by atoms with van der Waals surface area (Å²) in [4.78, 5) is 12.3. The van der Waals surface area contributed by atoms with Gasteiger partial charge in [0.05, 0.1) is 14.2 Å². The number of anilines is 1. The molecule has 1 N–H and O–H groups in total. The van der Waals surface area contributed by atoms with Gasteiger partial charge in [-0.05, 0) is 29.7 Å².